The lowest BCUT2D eigenvalue weighted by molar-refractivity contribution is -0.120. The fraction of sp³-hybridized carbons (Fsp3) is 0.875. The first-order chi connectivity index (χ1) is 6.06. The zero-order valence-electron chi connectivity index (χ0n) is 7.91. The number of carbonyl (C=O) groups is 1. The van der Waals surface area contributed by atoms with Crippen molar-refractivity contribution in [2.24, 2.45) is 0 Å². The molecule has 0 radical (unpaired) electrons. The highest BCUT2D eigenvalue weighted by Crippen LogP contribution is 2.31. The van der Waals surface area contributed by atoms with Crippen molar-refractivity contribution in [3.63, 3.8) is 0 Å². The van der Waals surface area contributed by atoms with Crippen LogP contribution in [0.25, 0.3) is 0 Å². The van der Waals surface area contributed by atoms with Crippen LogP contribution in [0.2, 0.25) is 0 Å². The van der Waals surface area contributed by atoms with Gasteiger partial charge in [-0.15, -0.1) is 11.8 Å². The summed E-state index contributed by atoms with van der Waals surface area (Å²) in [6.07, 6.45) is -0.163. The Morgan fingerprint density at radius 3 is 2.69 bits per heavy atom. The van der Waals surface area contributed by atoms with E-state index in [0.29, 0.717) is 5.25 Å². The van der Waals surface area contributed by atoms with Gasteiger partial charge in [0, 0.05) is 7.11 Å². The van der Waals surface area contributed by atoms with Gasteiger partial charge in [-0.3, -0.25) is 4.79 Å². The maximum Gasteiger partial charge on any atom is 0.237 e. The number of methoxy groups -OCH3 is 1. The average Bonchev–Trinajstić information content (AvgIpc) is 2.31. The number of amides is 1. The third-order valence-electron chi connectivity index (χ3n) is 1.81. The van der Waals surface area contributed by atoms with E-state index in [2.05, 4.69) is 35.1 Å². The molecule has 0 aliphatic carbocycles. The molecule has 0 aromatic carbocycles. The summed E-state index contributed by atoms with van der Waals surface area (Å²) in [6, 6.07) is 0. The second-order valence-electron chi connectivity index (χ2n) is 3.22. The van der Waals surface area contributed by atoms with Gasteiger partial charge in [-0.05, 0) is 5.25 Å². The van der Waals surface area contributed by atoms with Crippen LogP contribution in [-0.2, 0) is 9.53 Å². The fourth-order valence-corrected chi connectivity index (χ4v) is 3.25. The molecule has 1 fully saturated rings. The van der Waals surface area contributed by atoms with Crippen LogP contribution in [0.3, 0.4) is 0 Å². The van der Waals surface area contributed by atoms with E-state index in [9.17, 15) is 4.79 Å². The Morgan fingerprint density at radius 1 is 1.62 bits per heavy atom. The van der Waals surface area contributed by atoms with Crippen molar-refractivity contribution in [3.8, 4) is 0 Å². The summed E-state index contributed by atoms with van der Waals surface area (Å²) in [5.74, 6) is 0.0185. The predicted octanol–water partition coefficient (Wildman–Crippen LogP) is 1.36. The summed E-state index contributed by atoms with van der Waals surface area (Å²) >= 11 is 5.12. The van der Waals surface area contributed by atoms with Gasteiger partial charge in [0.25, 0.3) is 0 Å². The smallest absolute Gasteiger partial charge is 0.237 e. The van der Waals surface area contributed by atoms with Gasteiger partial charge >= 0.3 is 0 Å². The fourth-order valence-electron chi connectivity index (χ4n) is 1.25. The maximum absolute atomic E-state index is 11.3. The standard InChI is InChI=1S/C8H14BrNO2S/c1-4(2)13-6-5(9)7(11)10-8(6)12-3/h4-6,8H,1-3H3,(H,10,11)/t5-,6-,8+/m0/s1. The molecule has 5 heteroatoms. The Balaban J connectivity index is 2.62. The molecule has 0 bridgehead atoms. The van der Waals surface area contributed by atoms with Gasteiger partial charge in [-0.1, -0.05) is 29.8 Å². The van der Waals surface area contributed by atoms with Crippen LogP contribution < -0.4 is 5.32 Å². The second-order valence-corrected chi connectivity index (χ2v) is 5.96. The monoisotopic (exact) mass is 267 g/mol. The molecule has 1 heterocycles. The minimum absolute atomic E-state index is 0.0185. The molecule has 76 valence electrons. The number of carbonyl (C=O) groups excluding carboxylic acids is 1. The van der Waals surface area contributed by atoms with E-state index < -0.39 is 0 Å². The molecule has 0 aromatic rings. The minimum Gasteiger partial charge on any atom is -0.360 e. The molecule has 1 aliphatic rings. The summed E-state index contributed by atoms with van der Waals surface area (Å²) in [5, 5.41) is 3.44. The van der Waals surface area contributed by atoms with Crippen LogP contribution in [0.1, 0.15) is 13.8 Å². The Kier molecular flexibility index (Phi) is 4.06. The summed E-state index contributed by atoms with van der Waals surface area (Å²) < 4.78 is 5.18. The topological polar surface area (TPSA) is 38.3 Å². The lowest BCUT2D eigenvalue weighted by Gasteiger charge is -2.20. The number of thioether (sulfide) groups is 1. The Morgan fingerprint density at radius 2 is 2.23 bits per heavy atom. The van der Waals surface area contributed by atoms with E-state index in [1.165, 1.54) is 0 Å². The van der Waals surface area contributed by atoms with Gasteiger partial charge in [-0.25, -0.2) is 0 Å². The van der Waals surface area contributed by atoms with E-state index in [-0.39, 0.29) is 22.2 Å². The average molecular weight is 268 g/mol. The van der Waals surface area contributed by atoms with E-state index in [1.54, 1.807) is 18.9 Å². The van der Waals surface area contributed by atoms with Crippen LogP contribution in [0.5, 0.6) is 0 Å². The number of hydrogen-bond donors (Lipinski definition) is 1. The van der Waals surface area contributed by atoms with Crippen LogP contribution in [0.15, 0.2) is 0 Å². The SMILES string of the molecule is CO[C@H]1NC(=O)[C@@H](Br)[C@@H]1SC(C)C. The number of halogens is 1. The van der Waals surface area contributed by atoms with E-state index in [4.69, 9.17) is 4.74 Å². The molecule has 0 saturated carbocycles. The third-order valence-corrected chi connectivity index (χ3v) is 4.52. The quantitative estimate of drug-likeness (QED) is 0.785. The lowest BCUT2D eigenvalue weighted by atomic mass is 10.3. The molecular weight excluding hydrogens is 254 g/mol. The highest BCUT2D eigenvalue weighted by atomic mass is 79.9. The van der Waals surface area contributed by atoms with Gasteiger partial charge in [0.2, 0.25) is 5.91 Å². The molecule has 0 aromatic heterocycles. The maximum atomic E-state index is 11.3. The summed E-state index contributed by atoms with van der Waals surface area (Å²) in [4.78, 5) is 11.1. The lowest BCUT2D eigenvalue weighted by Crippen LogP contribution is -2.32. The van der Waals surface area contributed by atoms with E-state index >= 15 is 0 Å². The third kappa shape index (κ3) is 2.60. The molecule has 1 saturated heterocycles. The molecule has 3 nitrogen and oxygen atoms in total. The summed E-state index contributed by atoms with van der Waals surface area (Å²) in [7, 11) is 1.61. The summed E-state index contributed by atoms with van der Waals surface area (Å²) in [5.41, 5.74) is 0. The van der Waals surface area contributed by atoms with Crippen molar-refractivity contribution >= 4 is 33.6 Å². The number of hydrogen-bond acceptors (Lipinski definition) is 3. The van der Waals surface area contributed by atoms with Crippen molar-refractivity contribution < 1.29 is 9.53 Å². The number of ether oxygens (including phenoxy) is 1. The van der Waals surface area contributed by atoms with Crippen molar-refractivity contribution in [2.75, 3.05) is 7.11 Å². The minimum atomic E-state index is -0.163. The normalized spacial score (nSPS) is 33.9. The number of nitrogens with one attached hydrogen (secondary N) is 1. The first-order valence-electron chi connectivity index (χ1n) is 4.19. The Hall–Kier alpha value is 0.260. The highest BCUT2D eigenvalue weighted by molar-refractivity contribution is 9.10. The molecule has 1 N–H and O–H groups in total. The van der Waals surface area contributed by atoms with Crippen LogP contribution in [-0.4, -0.2) is 34.6 Å². The molecule has 0 spiro atoms. The van der Waals surface area contributed by atoms with Crippen LogP contribution >= 0.6 is 27.7 Å². The van der Waals surface area contributed by atoms with Gasteiger partial charge in [0.15, 0.2) is 0 Å². The molecule has 13 heavy (non-hydrogen) atoms. The van der Waals surface area contributed by atoms with Crippen LogP contribution in [0, 0.1) is 0 Å². The van der Waals surface area contributed by atoms with Gasteiger partial charge in [0.05, 0.1) is 5.25 Å². The number of alkyl halides is 1. The van der Waals surface area contributed by atoms with Gasteiger partial charge in [0.1, 0.15) is 11.1 Å². The zero-order chi connectivity index (χ0) is 10.0. The first-order valence-corrected chi connectivity index (χ1v) is 6.04. The Bertz CT molecular complexity index is 201. The van der Waals surface area contributed by atoms with Crippen molar-refractivity contribution in [1.82, 2.24) is 5.32 Å². The van der Waals surface area contributed by atoms with E-state index in [0.717, 1.165) is 0 Å². The van der Waals surface area contributed by atoms with E-state index in [1.807, 2.05) is 0 Å². The van der Waals surface area contributed by atoms with Crippen LogP contribution in [0.4, 0.5) is 0 Å². The van der Waals surface area contributed by atoms with Gasteiger partial charge in [-0.2, -0.15) is 0 Å². The van der Waals surface area contributed by atoms with Crippen molar-refractivity contribution in [3.05, 3.63) is 0 Å². The molecule has 1 amide bonds. The molecular formula is C8H14BrNO2S. The highest BCUT2D eigenvalue weighted by Gasteiger charge is 2.41. The first kappa shape index (κ1) is 11.3. The van der Waals surface area contributed by atoms with Gasteiger partial charge < -0.3 is 10.1 Å². The summed E-state index contributed by atoms with van der Waals surface area (Å²) in [6.45, 7) is 4.22. The molecule has 0 unspecified atom stereocenters. The Labute approximate surface area is 91.1 Å². The van der Waals surface area contributed by atoms with Crippen molar-refractivity contribution in [2.45, 2.75) is 35.4 Å². The number of rotatable bonds is 3. The molecule has 3 atom stereocenters. The molecule has 1 aliphatic heterocycles. The largest absolute Gasteiger partial charge is 0.360 e. The molecule has 1 rings (SSSR count). The second kappa shape index (κ2) is 4.66. The predicted molar refractivity (Wildman–Crippen MR) is 58.2 cm³/mol. The zero-order valence-corrected chi connectivity index (χ0v) is 10.3. The van der Waals surface area contributed by atoms with Crippen molar-refractivity contribution in [1.29, 1.82) is 0 Å².